The Kier molecular flexibility index (Phi) is 3.88. The van der Waals surface area contributed by atoms with Crippen molar-refractivity contribution < 1.29 is 19.0 Å². The lowest BCUT2D eigenvalue weighted by molar-refractivity contribution is 0.0740. The Labute approximate surface area is 123 Å². The Morgan fingerprint density at radius 3 is 3.05 bits per heavy atom. The van der Waals surface area contributed by atoms with Gasteiger partial charge in [0.05, 0.1) is 13.2 Å². The Hall–Kier alpha value is -1.95. The highest BCUT2D eigenvalue weighted by molar-refractivity contribution is 5.66. The van der Waals surface area contributed by atoms with E-state index in [2.05, 4.69) is 5.32 Å². The van der Waals surface area contributed by atoms with Crippen LogP contribution in [0.1, 0.15) is 25.0 Å². The molecule has 3 N–H and O–H groups in total. The van der Waals surface area contributed by atoms with Gasteiger partial charge >= 0.3 is 6.09 Å². The first-order valence-electron chi connectivity index (χ1n) is 7.22. The number of fused-ring (bicyclic) bond motifs is 1. The van der Waals surface area contributed by atoms with Gasteiger partial charge in [0, 0.05) is 30.1 Å². The maximum absolute atomic E-state index is 11.1. The SMILES string of the molecule is CC1CNc2ccc(OC3CCOC3)cc2C1OC(N)=O. The van der Waals surface area contributed by atoms with Crippen molar-refractivity contribution in [2.75, 3.05) is 25.1 Å². The Balaban J connectivity index is 1.83. The van der Waals surface area contributed by atoms with Crippen molar-refractivity contribution in [1.82, 2.24) is 0 Å². The minimum absolute atomic E-state index is 0.0903. The summed E-state index contributed by atoms with van der Waals surface area (Å²) in [7, 11) is 0. The van der Waals surface area contributed by atoms with Gasteiger partial charge in [-0.15, -0.1) is 0 Å². The highest BCUT2D eigenvalue weighted by Gasteiger charge is 2.30. The number of benzene rings is 1. The van der Waals surface area contributed by atoms with Crippen molar-refractivity contribution in [2.45, 2.75) is 25.6 Å². The van der Waals surface area contributed by atoms with Crippen LogP contribution in [0.2, 0.25) is 0 Å². The van der Waals surface area contributed by atoms with Gasteiger partial charge in [0.1, 0.15) is 18.0 Å². The zero-order valence-corrected chi connectivity index (χ0v) is 12.0. The van der Waals surface area contributed by atoms with E-state index in [0.29, 0.717) is 6.61 Å². The summed E-state index contributed by atoms with van der Waals surface area (Å²) in [5.41, 5.74) is 7.04. The molecule has 1 amide bonds. The number of ether oxygens (including phenoxy) is 3. The van der Waals surface area contributed by atoms with Crippen molar-refractivity contribution in [2.24, 2.45) is 11.7 Å². The van der Waals surface area contributed by atoms with Crippen LogP contribution in [0.5, 0.6) is 5.75 Å². The van der Waals surface area contributed by atoms with Crippen LogP contribution in [-0.4, -0.2) is 32.0 Å². The van der Waals surface area contributed by atoms with E-state index >= 15 is 0 Å². The van der Waals surface area contributed by atoms with Crippen LogP contribution in [0.3, 0.4) is 0 Å². The molecule has 6 nitrogen and oxygen atoms in total. The van der Waals surface area contributed by atoms with Gasteiger partial charge in [-0.2, -0.15) is 0 Å². The molecule has 2 heterocycles. The first kappa shape index (κ1) is 14.0. The molecule has 3 atom stereocenters. The molecule has 1 saturated heterocycles. The van der Waals surface area contributed by atoms with Crippen molar-refractivity contribution in [3.05, 3.63) is 23.8 Å². The highest BCUT2D eigenvalue weighted by Crippen LogP contribution is 2.38. The van der Waals surface area contributed by atoms with Gasteiger partial charge in [0.25, 0.3) is 0 Å². The second-order valence-electron chi connectivity index (χ2n) is 5.57. The van der Waals surface area contributed by atoms with Crippen LogP contribution in [0.15, 0.2) is 18.2 Å². The molecule has 1 fully saturated rings. The van der Waals surface area contributed by atoms with E-state index in [-0.39, 0.29) is 18.1 Å². The van der Waals surface area contributed by atoms with E-state index in [1.54, 1.807) is 0 Å². The predicted octanol–water partition coefficient (Wildman–Crippen LogP) is 2.05. The van der Waals surface area contributed by atoms with E-state index < -0.39 is 6.09 Å². The lowest BCUT2D eigenvalue weighted by Crippen LogP contribution is -2.30. The third kappa shape index (κ3) is 3.05. The zero-order chi connectivity index (χ0) is 14.8. The standard InChI is InChI=1S/C15H20N2O4/c1-9-7-17-13-3-2-10(20-11-4-5-19-8-11)6-12(13)14(9)21-15(16)18/h2-3,6,9,11,14,17H,4-5,7-8H2,1H3,(H2,16,18). The third-order valence-corrected chi connectivity index (χ3v) is 3.89. The number of carbonyl (C=O) groups excluding carboxylic acids is 1. The number of hydrogen-bond acceptors (Lipinski definition) is 5. The summed E-state index contributed by atoms with van der Waals surface area (Å²) >= 11 is 0. The summed E-state index contributed by atoms with van der Waals surface area (Å²) in [5.74, 6) is 0.910. The lowest BCUT2D eigenvalue weighted by Gasteiger charge is -2.31. The quantitative estimate of drug-likeness (QED) is 0.891. The molecular weight excluding hydrogens is 272 g/mol. The molecule has 21 heavy (non-hydrogen) atoms. The molecule has 0 bridgehead atoms. The zero-order valence-electron chi connectivity index (χ0n) is 12.0. The molecule has 0 aromatic heterocycles. The number of amides is 1. The number of rotatable bonds is 3. The van der Waals surface area contributed by atoms with Crippen molar-refractivity contribution >= 4 is 11.8 Å². The fourth-order valence-electron chi connectivity index (χ4n) is 2.80. The number of anilines is 1. The predicted molar refractivity (Wildman–Crippen MR) is 77.4 cm³/mol. The number of nitrogens with one attached hydrogen (secondary N) is 1. The van der Waals surface area contributed by atoms with Gasteiger partial charge in [0.15, 0.2) is 0 Å². The van der Waals surface area contributed by atoms with E-state index in [1.165, 1.54) is 0 Å². The first-order chi connectivity index (χ1) is 10.1. The summed E-state index contributed by atoms with van der Waals surface area (Å²) in [4.78, 5) is 11.1. The molecule has 2 aliphatic heterocycles. The summed E-state index contributed by atoms with van der Waals surface area (Å²) in [6.07, 6.45) is -0.114. The Morgan fingerprint density at radius 2 is 2.33 bits per heavy atom. The average molecular weight is 292 g/mol. The summed E-state index contributed by atoms with van der Waals surface area (Å²) in [6, 6.07) is 5.79. The summed E-state index contributed by atoms with van der Waals surface area (Å²) in [6.45, 7) is 4.11. The van der Waals surface area contributed by atoms with Crippen molar-refractivity contribution in [3.63, 3.8) is 0 Å². The van der Waals surface area contributed by atoms with Crippen LogP contribution in [-0.2, 0) is 9.47 Å². The molecule has 3 rings (SSSR count). The van der Waals surface area contributed by atoms with Crippen LogP contribution in [0.25, 0.3) is 0 Å². The molecule has 0 radical (unpaired) electrons. The highest BCUT2D eigenvalue weighted by atomic mass is 16.6. The van der Waals surface area contributed by atoms with Crippen molar-refractivity contribution in [3.8, 4) is 5.75 Å². The molecule has 2 aliphatic rings. The third-order valence-electron chi connectivity index (χ3n) is 3.89. The average Bonchev–Trinajstić information content (AvgIpc) is 2.95. The monoisotopic (exact) mass is 292 g/mol. The molecule has 1 aromatic rings. The van der Waals surface area contributed by atoms with E-state index in [9.17, 15) is 4.79 Å². The van der Waals surface area contributed by atoms with Crippen molar-refractivity contribution in [1.29, 1.82) is 0 Å². The van der Waals surface area contributed by atoms with E-state index in [4.69, 9.17) is 19.9 Å². The number of primary amides is 1. The van der Waals surface area contributed by atoms with Crippen LogP contribution < -0.4 is 15.8 Å². The molecule has 6 heteroatoms. The Morgan fingerprint density at radius 1 is 1.48 bits per heavy atom. The largest absolute Gasteiger partial charge is 0.488 e. The van der Waals surface area contributed by atoms with Gasteiger partial charge in [0.2, 0.25) is 0 Å². The molecule has 0 saturated carbocycles. The molecule has 1 aromatic carbocycles. The van der Waals surface area contributed by atoms with E-state index in [0.717, 1.165) is 36.6 Å². The van der Waals surface area contributed by atoms with Crippen LogP contribution in [0.4, 0.5) is 10.5 Å². The first-order valence-corrected chi connectivity index (χ1v) is 7.22. The number of hydrogen-bond donors (Lipinski definition) is 2. The number of carbonyl (C=O) groups is 1. The van der Waals surface area contributed by atoms with E-state index in [1.807, 2.05) is 25.1 Å². The number of nitrogens with two attached hydrogens (primary N) is 1. The van der Waals surface area contributed by atoms with Gasteiger partial charge in [-0.05, 0) is 18.2 Å². The molecule has 0 spiro atoms. The maximum Gasteiger partial charge on any atom is 0.405 e. The molecule has 114 valence electrons. The topological polar surface area (TPSA) is 82.8 Å². The molecule has 3 unspecified atom stereocenters. The van der Waals surface area contributed by atoms with Gasteiger partial charge in [-0.1, -0.05) is 6.92 Å². The normalized spacial score (nSPS) is 27.6. The van der Waals surface area contributed by atoms with Crippen LogP contribution >= 0.6 is 0 Å². The molecule has 0 aliphatic carbocycles. The minimum Gasteiger partial charge on any atom is -0.488 e. The molecular formula is C15H20N2O4. The summed E-state index contributed by atoms with van der Waals surface area (Å²) in [5, 5.41) is 3.32. The fraction of sp³-hybridized carbons (Fsp3) is 0.533. The Bertz CT molecular complexity index is 528. The van der Waals surface area contributed by atoms with Gasteiger partial charge < -0.3 is 25.3 Å². The van der Waals surface area contributed by atoms with Crippen LogP contribution in [0, 0.1) is 5.92 Å². The lowest BCUT2D eigenvalue weighted by atomic mass is 9.92. The summed E-state index contributed by atoms with van der Waals surface area (Å²) < 4.78 is 16.5. The second kappa shape index (κ2) is 5.81. The maximum atomic E-state index is 11.1. The minimum atomic E-state index is -0.754. The van der Waals surface area contributed by atoms with Gasteiger partial charge in [-0.3, -0.25) is 0 Å². The fourth-order valence-corrected chi connectivity index (χ4v) is 2.80. The smallest absolute Gasteiger partial charge is 0.405 e. The van der Waals surface area contributed by atoms with Gasteiger partial charge in [-0.25, -0.2) is 4.79 Å². The second-order valence-corrected chi connectivity index (χ2v) is 5.57.